The van der Waals surface area contributed by atoms with Gasteiger partial charge in [0, 0.05) is 17.7 Å². The first-order chi connectivity index (χ1) is 6.50. The van der Waals surface area contributed by atoms with Crippen LogP contribution in [0.15, 0.2) is 18.2 Å². The molecule has 0 saturated heterocycles. The fourth-order valence-electron chi connectivity index (χ4n) is 0.858. The molecule has 2 nitrogen and oxygen atoms in total. The van der Waals surface area contributed by atoms with Crippen LogP contribution >= 0.6 is 0 Å². The highest BCUT2D eigenvalue weighted by atomic mass is 19.2. The van der Waals surface area contributed by atoms with Crippen LogP contribution < -0.4 is 0 Å². The van der Waals surface area contributed by atoms with E-state index in [-0.39, 0.29) is 0 Å². The van der Waals surface area contributed by atoms with Crippen molar-refractivity contribution in [2.24, 2.45) is 0 Å². The van der Waals surface area contributed by atoms with Gasteiger partial charge in [-0.1, -0.05) is 0 Å². The van der Waals surface area contributed by atoms with Crippen molar-refractivity contribution in [3.8, 4) is 0 Å². The Morgan fingerprint density at radius 1 is 1.29 bits per heavy atom. The molecule has 0 saturated carbocycles. The van der Waals surface area contributed by atoms with Gasteiger partial charge in [0.25, 0.3) is 0 Å². The van der Waals surface area contributed by atoms with Crippen LogP contribution in [0.5, 0.6) is 0 Å². The Bertz CT molecular complexity index is 399. The van der Waals surface area contributed by atoms with Crippen molar-refractivity contribution in [2.45, 2.75) is 0 Å². The molecule has 0 aromatic heterocycles. The Morgan fingerprint density at radius 3 is 2.50 bits per heavy atom. The summed E-state index contributed by atoms with van der Waals surface area (Å²) in [6.07, 6.45) is 1.38. The number of hydrogen-bond acceptors (Lipinski definition) is 1. The molecule has 1 N–H and O–H groups in total. The molecule has 1 aromatic carbocycles. The molecule has 0 aliphatic rings. The maximum absolute atomic E-state index is 12.8. The number of hydrogen-bond donors (Lipinski definition) is 1. The second-order valence-corrected chi connectivity index (χ2v) is 2.46. The van der Waals surface area contributed by atoms with E-state index in [1.165, 1.54) is 0 Å². The van der Waals surface area contributed by atoms with Crippen LogP contribution in [0.4, 0.5) is 13.2 Å². The number of halogens is 3. The molecular formula is C9H5F3O2. The summed E-state index contributed by atoms with van der Waals surface area (Å²) in [6, 6.07) is 1.09. The molecule has 0 atom stereocenters. The van der Waals surface area contributed by atoms with Crippen molar-refractivity contribution in [2.75, 3.05) is 0 Å². The maximum Gasteiger partial charge on any atom is 0.328 e. The molecule has 74 valence electrons. The minimum Gasteiger partial charge on any atom is -0.478 e. The van der Waals surface area contributed by atoms with Crippen LogP contribution in [0.2, 0.25) is 0 Å². The lowest BCUT2D eigenvalue weighted by atomic mass is 10.2. The molecule has 1 rings (SSSR count). The van der Waals surface area contributed by atoms with Gasteiger partial charge in [0.1, 0.15) is 5.82 Å². The average molecular weight is 202 g/mol. The van der Waals surface area contributed by atoms with E-state index < -0.39 is 29.0 Å². The Kier molecular flexibility index (Phi) is 2.91. The van der Waals surface area contributed by atoms with Gasteiger partial charge in [0.2, 0.25) is 0 Å². The van der Waals surface area contributed by atoms with E-state index >= 15 is 0 Å². The first-order valence-corrected chi connectivity index (χ1v) is 3.56. The van der Waals surface area contributed by atoms with Crippen molar-refractivity contribution in [3.05, 3.63) is 41.2 Å². The maximum atomic E-state index is 12.8. The van der Waals surface area contributed by atoms with E-state index in [0.29, 0.717) is 18.2 Å². The van der Waals surface area contributed by atoms with E-state index in [0.717, 1.165) is 6.08 Å². The number of aliphatic carboxylic acids is 1. The number of carboxylic acid groups (broad SMARTS) is 1. The van der Waals surface area contributed by atoms with Crippen LogP contribution in [0.3, 0.4) is 0 Å². The summed E-state index contributed by atoms with van der Waals surface area (Å²) in [7, 11) is 0. The second-order valence-electron chi connectivity index (χ2n) is 2.46. The van der Waals surface area contributed by atoms with Crippen molar-refractivity contribution in [1.29, 1.82) is 0 Å². The van der Waals surface area contributed by atoms with Gasteiger partial charge in [-0.25, -0.2) is 18.0 Å². The molecule has 1 aromatic rings. The highest BCUT2D eigenvalue weighted by molar-refractivity contribution is 5.85. The van der Waals surface area contributed by atoms with Gasteiger partial charge in [0.15, 0.2) is 11.6 Å². The molecule has 0 aliphatic heterocycles. The Balaban J connectivity index is 3.14. The zero-order chi connectivity index (χ0) is 10.7. The van der Waals surface area contributed by atoms with Crippen molar-refractivity contribution < 1.29 is 23.1 Å². The predicted molar refractivity (Wildman–Crippen MR) is 43.0 cm³/mol. The molecule has 0 unspecified atom stereocenters. The molecule has 5 heteroatoms. The lowest BCUT2D eigenvalue weighted by Gasteiger charge is -1.98. The summed E-state index contributed by atoms with van der Waals surface area (Å²) in [5.41, 5.74) is -0.440. The summed E-state index contributed by atoms with van der Waals surface area (Å²) < 4.78 is 38.0. The third-order valence-corrected chi connectivity index (χ3v) is 1.43. The zero-order valence-electron chi connectivity index (χ0n) is 6.80. The first-order valence-electron chi connectivity index (χ1n) is 3.56. The molecule has 0 heterocycles. The molecule has 0 amide bonds. The minimum absolute atomic E-state index is 0.382. The number of rotatable bonds is 2. The summed E-state index contributed by atoms with van der Waals surface area (Å²) in [5, 5.41) is 8.21. The Hall–Kier alpha value is -1.78. The van der Waals surface area contributed by atoms with Crippen molar-refractivity contribution in [1.82, 2.24) is 0 Å². The standard InChI is InChI=1S/C9H5F3O2/c10-6-3-5(1-2-8(13)14)9(12)7(11)4-6/h1-4H,(H,13,14)/b2-1+. The normalized spacial score (nSPS) is 10.8. The number of carbonyl (C=O) groups is 1. The quantitative estimate of drug-likeness (QED) is 0.589. The van der Waals surface area contributed by atoms with Gasteiger partial charge in [-0.3, -0.25) is 0 Å². The van der Waals surface area contributed by atoms with Crippen LogP contribution in [0.1, 0.15) is 5.56 Å². The lowest BCUT2D eigenvalue weighted by molar-refractivity contribution is -0.131. The van der Waals surface area contributed by atoms with Gasteiger partial charge in [-0.05, 0) is 12.1 Å². The third kappa shape index (κ3) is 2.35. The molecule has 0 bridgehead atoms. The first kappa shape index (κ1) is 10.3. The zero-order valence-corrected chi connectivity index (χ0v) is 6.80. The van der Waals surface area contributed by atoms with Gasteiger partial charge < -0.3 is 5.11 Å². The topological polar surface area (TPSA) is 37.3 Å². The summed E-state index contributed by atoms with van der Waals surface area (Å²) in [6.45, 7) is 0. The second kappa shape index (κ2) is 3.95. The predicted octanol–water partition coefficient (Wildman–Crippen LogP) is 2.20. The van der Waals surface area contributed by atoms with E-state index in [2.05, 4.69) is 0 Å². The van der Waals surface area contributed by atoms with Crippen LogP contribution in [0.25, 0.3) is 6.08 Å². The monoisotopic (exact) mass is 202 g/mol. The highest BCUT2D eigenvalue weighted by Crippen LogP contribution is 2.15. The Morgan fingerprint density at radius 2 is 1.93 bits per heavy atom. The van der Waals surface area contributed by atoms with E-state index in [9.17, 15) is 18.0 Å². The molecule has 0 fully saturated rings. The van der Waals surface area contributed by atoms with Gasteiger partial charge in [-0.2, -0.15) is 0 Å². The summed E-state index contributed by atoms with van der Waals surface area (Å²) in [5.74, 6) is -4.91. The fraction of sp³-hybridized carbons (Fsp3) is 0. The SMILES string of the molecule is O=C(O)/C=C/c1cc(F)cc(F)c1F. The molecule has 14 heavy (non-hydrogen) atoms. The van der Waals surface area contributed by atoms with Gasteiger partial charge in [-0.15, -0.1) is 0 Å². The fourth-order valence-corrected chi connectivity index (χ4v) is 0.858. The van der Waals surface area contributed by atoms with Gasteiger partial charge >= 0.3 is 5.97 Å². The summed E-state index contributed by atoms with van der Waals surface area (Å²) >= 11 is 0. The number of benzene rings is 1. The smallest absolute Gasteiger partial charge is 0.328 e. The van der Waals surface area contributed by atoms with Crippen molar-refractivity contribution >= 4 is 12.0 Å². The van der Waals surface area contributed by atoms with Crippen LogP contribution in [-0.4, -0.2) is 11.1 Å². The number of carboxylic acids is 1. The molecule has 0 spiro atoms. The minimum atomic E-state index is -1.35. The summed E-state index contributed by atoms with van der Waals surface area (Å²) in [4.78, 5) is 10.1. The van der Waals surface area contributed by atoms with E-state index in [4.69, 9.17) is 5.11 Å². The molecule has 0 radical (unpaired) electrons. The van der Waals surface area contributed by atoms with Crippen LogP contribution in [0, 0.1) is 17.5 Å². The van der Waals surface area contributed by atoms with Crippen molar-refractivity contribution in [3.63, 3.8) is 0 Å². The Labute approximate surface area is 77.3 Å². The van der Waals surface area contributed by atoms with Crippen LogP contribution in [-0.2, 0) is 4.79 Å². The molecule has 0 aliphatic carbocycles. The average Bonchev–Trinajstić information content (AvgIpc) is 2.08. The molecular weight excluding hydrogens is 197 g/mol. The van der Waals surface area contributed by atoms with E-state index in [1.54, 1.807) is 0 Å². The highest BCUT2D eigenvalue weighted by Gasteiger charge is 2.08. The van der Waals surface area contributed by atoms with E-state index in [1.807, 2.05) is 0 Å². The largest absolute Gasteiger partial charge is 0.478 e. The lowest BCUT2D eigenvalue weighted by Crippen LogP contribution is -1.92. The van der Waals surface area contributed by atoms with Gasteiger partial charge in [0.05, 0.1) is 0 Å². The third-order valence-electron chi connectivity index (χ3n) is 1.43.